The summed E-state index contributed by atoms with van der Waals surface area (Å²) in [5, 5.41) is 7.23. The van der Waals surface area contributed by atoms with Crippen LogP contribution in [0.1, 0.15) is 12.5 Å². The van der Waals surface area contributed by atoms with Gasteiger partial charge in [-0.3, -0.25) is 4.79 Å². The fourth-order valence-electron chi connectivity index (χ4n) is 1.15. The van der Waals surface area contributed by atoms with E-state index in [2.05, 4.69) is 0 Å². The van der Waals surface area contributed by atoms with Crippen LogP contribution < -0.4 is 0 Å². The van der Waals surface area contributed by atoms with Crippen LogP contribution in [0.3, 0.4) is 0 Å². The van der Waals surface area contributed by atoms with Gasteiger partial charge in [0.15, 0.2) is 15.1 Å². The Labute approximate surface area is 103 Å². The minimum Gasteiger partial charge on any atom is -0.480 e. The number of benzene rings is 1. The molecule has 7 heteroatoms. The third kappa shape index (κ3) is 3.41. The van der Waals surface area contributed by atoms with Gasteiger partial charge >= 0.3 is 5.97 Å². The minimum absolute atomic E-state index is 0.134. The van der Waals surface area contributed by atoms with Crippen LogP contribution >= 0.6 is 11.6 Å². The standard InChI is InChI=1S/C10H10ClFO4S/c1-6(10(13)14)17(15,16)5-7-4-8(11)2-3-9(7)12/h2-4,6H,5H2,1H3,(H,13,14). The van der Waals surface area contributed by atoms with E-state index in [-0.39, 0.29) is 10.6 Å². The SMILES string of the molecule is CC(C(=O)O)S(=O)(=O)Cc1cc(Cl)ccc1F. The molecule has 0 heterocycles. The second kappa shape index (κ2) is 5.01. The van der Waals surface area contributed by atoms with Crippen LogP contribution in [0.4, 0.5) is 4.39 Å². The van der Waals surface area contributed by atoms with Crippen LogP contribution in [-0.4, -0.2) is 24.7 Å². The van der Waals surface area contributed by atoms with Crippen LogP contribution in [0.2, 0.25) is 5.02 Å². The summed E-state index contributed by atoms with van der Waals surface area (Å²) < 4.78 is 36.5. The number of carboxylic acids is 1. The van der Waals surface area contributed by atoms with Gasteiger partial charge in [-0.2, -0.15) is 0 Å². The van der Waals surface area contributed by atoms with Crippen molar-refractivity contribution in [1.82, 2.24) is 0 Å². The third-order valence-electron chi connectivity index (χ3n) is 2.25. The van der Waals surface area contributed by atoms with Gasteiger partial charge < -0.3 is 5.11 Å². The Morgan fingerprint density at radius 3 is 2.65 bits per heavy atom. The monoisotopic (exact) mass is 280 g/mol. The maximum atomic E-state index is 13.3. The molecular formula is C10H10ClFO4S. The summed E-state index contributed by atoms with van der Waals surface area (Å²) in [5.41, 5.74) is -0.134. The van der Waals surface area contributed by atoms with Crippen LogP contribution in [-0.2, 0) is 20.4 Å². The molecule has 1 N–H and O–H groups in total. The van der Waals surface area contributed by atoms with Crippen LogP contribution in [0.5, 0.6) is 0 Å². The molecule has 0 spiro atoms. The second-order valence-electron chi connectivity index (χ2n) is 3.52. The topological polar surface area (TPSA) is 71.4 Å². The highest BCUT2D eigenvalue weighted by atomic mass is 35.5. The van der Waals surface area contributed by atoms with Crippen molar-refractivity contribution in [2.24, 2.45) is 0 Å². The number of hydrogen-bond donors (Lipinski definition) is 1. The lowest BCUT2D eigenvalue weighted by molar-refractivity contribution is -0.136. The number of hydrogen-bond acceptors (Lipinski definition) is 3. The molecule has 1 rings (SSSR count). The average molecular weight is 281 g/mol. The fourth-order valence-corrected chi connectivity index (χ4v) is 2.56. The number of halogens is 2. The van der Waals surface area contributed by atoms with E-state index in [1.165, 1.54) is 12.1 Å². The molecule has 1 atom stereocenters. The van der Waals surface area contributed by atoms with E-state index < -0.39 is 32.6 Å². The summed E-state index contributed by atoms with van der Waals surface area (Å²) in [6.07, 6.45) is 0. The second-order valence-corrected chi connectivity index (χ2v) is 6.28. The normalized spacial score (nSPS) is 13.4. The van der Waals surface area contributed by atoms with Crippen LogP contribution in [0, 0.1) is 5.82 Å². The highest BCUT2D eigenvalue weighted by molar-refractivity contribution is 7.91. The summed E-state index contributed by atoms with van der Waals surface area (Å²) in [6.45, 7) is 1.04. The first-order valence-electron chi connectivity index (χ1n) is 4.62. The number of rotatable bonds is 4. The quantitative estimate of drug-likeness (QED) is 0.914. The first-order chi connectivity index (χ1) is 7.74. The van der Waals surface area contributed by atoms with Crippen molar-refractivity contribution < 1.29 is 22.7 Å². The average Bonchev–Trinajstić information content (AvgIpc) is 2.21. The van der Waals surface area contributed by atoms with E-state index in [4.69, 9.17) is 16.7 Å². The van der Waals surface area contributed by atoms with Crippen molar-refractivity contribution in [3.63, 3.8) is 0 Å². The zero-order valence-electron chi connectivity index (χ0n) is 8.85. The Balaban J connectivity index is 3.06. The van der Waals surface area contributed by atoms with E-state index in [1.807, 2.05) is 0 Å². The summed E-state index contributed by atoms with van der Waals surface area (Å²) in [6, 6.07) is 3.50. The number of aliphatic carboxylic acids is 1. The van der Waals surface area contributed by atoms with Crippen molar-refractivity contribution in [1.29, 1.82) is 0 Å². The minimum atomic E-state index is -3.95. The molecular weight excluding hydrogens is 271 g/mol. The zero-order chi connectivity index (χ0) is 13.2. The van der Waals surface area contributed by atoms with Crippen LogP contribution in [0.25, 0.3) is 0 Å². The Morgan fingerprint density at radius 1 is 1.53 bits per heavy atom. The van der Waals surface area contributed by atoms with Gasteiger partial charge in [0.2, 0.25) is 0 Å². The summed E-state index contributed by atoms with van der Waals surface area (Å²) in [7, 11) is -3.95. The molecule has 0 bridgehead atoms. The van der Waals surface area contributed by atoms with Gasteiger partial charge in [0, 0.05) is 10.6 Å². The van der Waals surface area contributed by atoms with Crippen molar-refractivity contribution in [2.45, 2.75) is 17.9 Å². The molecule has 4 nitrogen and oxygen atoms in total. The largest absolute Gasteiger partial charge is 0.480 e. The highest BCUT2D eigenvalue weighted by Crippen LogP contribution is 2.19. The smallest absolute Gasteiger partial charge is 0.321 e. The van der Waals surface area contributed by atoms with E-state index in [0.717, 1.165) is 13.0 Å². The Morgan fingerprint density at radius 2 is 2.12 bits per heavy atom. The van der Waals surface area contributed by atoms with Gasteiger partial charge in [0.05, 0.1) is 5.75 Å². The van der Waals surface area contributed by atoms with Crippen LogP contribution in [0.15, 0.2) is 18.2 Å². The maximum absolute atomic E-state index is 13.3. The molecule has 1 unspecified atom stereocenters. The lowest BCUT2D eigenvalue weighted by Gasteiger charge is -2.09. The molecule has 0 aliphatic heterocycles. The number of carbonyl (C=O) groups is 1. The Hall–Kier alpha value is -1.14. The maximum Gasteiger partial charge on any atom is 0.321 e. The Bertz CT molecular complexity index is 541. The first-order valence-corrected chi connectivity index (χ1v) is 6.71. The molecule has 1 aromatic rings. The molecule has 0 radical (unpaired) electrons. The van der Waals surface area contributed by atoms with Crippen molar-refractivity contribution in [2.75, 3.05) is 0 Å². The molecule has 0 amide bonds. The third-order valence-corrected chi connectivity index (χ3v) is 4.48. The van der Waals surface area contributed by atoms with E-state index in [0.29, 0.717) is 0 Å². The Kier molecular flexibility index (Phi) is 4.11. The van der Waals surface area contributed by atoms with Crippen molar-refractivity contribution in [3.05, 3.63) is 34.6 Å². The highest BCUT2D eigenvalue weighted by Gasteiger charge is 2.28. The molecule has 0 fully saturated rings. The molecule has 0 aliphatic rings. The van der Waals surface area contributed by atoms with Gasteiger partial charge in [0.25, 0.3) is 0 Å². The molecule has 94 valence electrons. The predicted molar refractivity (Wildman–Crippen MR) is 61.1 cm³/mol. The zero-order valence-corrected chi connectivity index (χ0v) is 10.4. The summed E-state index contributed by atoms with van der Waals surface area (Å²) in [5.74, 6) is -2.88. The van der Waals surface area contributed by atoms with Gasteiger partial charge in [-0.15, -0.1) is 0 Å². The molecule has 0 saturated heterocycles. The molecule has 0 aliphatic carbocycles. The van der Waals surface area contributed by atoms with Gasteiger partial charge in [-0.25, -0.2) is 12.8 Å². The summed E-state index contributed by atoms with van der Waals surface area (Å²) in [4.78, 5) is 10.6. The van der Waals surface area contributed by atoms with E-state index in [9.17, 15) is 17.6 Å². The van der Waals surface area contributed by atoms with Crippen molar-refractivity contribution >= 4 is 27.4 Å². The van der Waals surface area contributed by atoms with Crippen molar-refractivity contribution in [3.8, 4) is 0 Å². The van der Waals surface area contributed by atoms with Gasteiger partial charge in [-0.05, 0) is 25.1 Å². The predicted octanol–water partition coefficient (Wildman–Crippen LogP) is 1.87. The number of sulfone groups is 1. The molecule has 17 heavy (non-hydrogen) atoms. The number of carboxylic acid groups (broad SMARTS) is 1. The molecule has 0 aromatic heterocycles. The molecule has 1 aromatic carbocycles. The lowest BCUT2D eigenvalue weighted by atomic mass is 10.2. The van der Waals surface area contributed by atoms with E-state index in [1.54, 1.807) is 0 Å². The molecule has 0 saturated carbocycles. The van der Waals surface area contributed by atoms with Gasteiger partial charge in [-0.1, -0.05) is 11.6 Å². The first kappa shape index (κ1) is 13.9. The van der Waals surface area contributed by atoms with E-state index >= 15 is 0 Å². The fraction of sp³-hybridized carbons (Fsp3) is 0.300. The van der Waals surface area contributed by atoms with Gasteiger partial charge in [0.1, 0.15) is 5.82 Å². The summed E-state index contributed by atoms with van der Waals surface area (Å²) >= 11 is 5.61. The lowest BCUT2D eigenvalue weighted by Crippen LogP contribution is -2.28.